The minimum absolute atomic E-state index is 0.0196. The molecule has 23 heavy (non-hydrogen) atoms. The Hall–Kier alpha value is -1.67. The molecule has 0 radical (unpaired) electrons. The molecule has 0 spiro atoms. The van der Waals surface area contributed by atoms with Crippen LogP contribution in [0.1, 0.15) is 32.6 Å². The van der Waals surface area contributed by atoms with E-state index in [1.54, 1.807) is 11.8 Å². The van der Waals surface area contributed by atoms with Crippen LogP contribution in [0.15, 0.2) is 0 Å². The molecule has 1 aliphatic heterocycles. The van der Waals surface area contributed by atoms with Crippen LogP contribution in [0.25, 0.3) is 0 Å². The first kappa shape index (κ1) is 17.7. The summed E-state index contributed by atoms with van der Waals surface area (Å²) in [5.41, 5.74) is 0. The molecule has 0 aromatic rings. The van der Waals surface area contributed by atoms with Gasteiger partial charge < -0.3 is 20.4 Å². The summed E-state index contributed by atoms with van der Waals surface area (Å²) in [5.74, 6) is -1.27. The van der Waals surface area contributed by atoms with E-state index < -0.39 is 12.1 Å². The Labute approximate surface area is 135 Å². The van der Waals surface area contributed by atoms with E-state index in [4.69, 9.17) is 5.11 Å². The van der Waals surface area contributed by atoms with Crippen LogP contribution in [0.4, 0.5) is 0 Å². The molecule has 2 fully saturated rings. The maximum absolute atomic E-state index is 11.7. The largest absolute Gasteiger partial charge is 0.481 e. The Bertz CT molecular complexity index is 462. The fourth-order valence-corrected chi connectivity index (χ4v) is 3.38. The third-order valence-electron chi connectivity index (χ3n) is 4.72. The van der Waals surface area contributed by atoms with E-state index in [0.717, 1.165) is 19.5 Å². The third-order valence-corrected chi connectivity index (χ3v) is 4.72. The summed E-state index contributed by atoms with van der Waals surface area (Å²) in [6.45, 7) is 4.33. The lowest BCUT2D eigenvalue weighted by Gasteiger charge is -2.39. The van der Waals surface area contributed by atoms with Gasteiger partial charge in [-0.3, -0.25) is 19.3 Å². The third kappa shape index (κ3) is 4.65. The average molecular weight is 327 g/mol. The fourth-order valence-electron chi connectivity index (χ4n) is 3.38. The molecule has 130 valence electrons. The Morgan fingerprint density at radius 3 is 2.30 bits per heavy atom. The molecule has 0 aromatic heterocycles. The van der Waals surface area contributed by atoms with Gasteiger partial charge in [-0.1, -0.05) is 0 Å². The molecule has 8 nitrogen and oxygen atoms in total. The Kier molecular flexibility index (Phi) is 5.95. The van der Waals surface area contributed by atoms with Crippen molar-refractivity contribution in [2.45, 2.75) is 50.8 Å². The molecule has 2 aliphatic rings. The van der Waals surface area contributed by atoms with Gasteiger partial charge in [0.15, 0.2) is 0 Å². The van der Waals surface area contributed by atoms with E-state index in [0.29, 0.717) is 19.5 Å². The van der Waals surface area contributed by atoms with E-state index in [9.17, 15) is 19.5 Å². The number of carboxylic acids is 1. The van der Waals surface area contributed by atoms with Crippen molar-refractivity contribution in [2.75, 3.05) is 26.2 Å². The van der Waals surface area contributed by atoms with Gasteiger partial charge in [0.2, 0.25) is 11.8 Å². The zero-order valence-corrected chi connectivity index (χ0v) is 13.4. The van der Waals surface area contributed by atoms with Crippen LogP contribution in [-0.2, 0) is 14.4 Å². The predicted molar refractivity (Wildman–Crippen MR) is 81.7 cm³/mol. The minimum Gasteiger partial charge on any atom is -0.481 e. The number of nitrogens with zero attached hydrogens (tertiary/aromatic N) is 2. The number of aliphatic carboxylic acids is 1. The number of nitrogens with one attached hydrogen (secondary N) is 1. The highest BCUT2D eigenvalue weighted by Crippen LogP contribution is 2.26. The van der Waals surface area contributed by atoms with E-state index >= 15 is 0 Å². The van der Waals surface area contributed by atoms with E-state index in [-0.39, 0.29) is 36.7 Å². The van der Waals surface area contributed by atoms with Crippen molar-refractivity contribution in [2.24, 2.45) is 0 Å². The predicted octanol–water partition coefficient (Wildman–Crippen LogP) is -0.977. The molecular formula is C15H25N3O5. The Morgan fingerprint density at radius 2 is 1.74 bits per heavy atom. The van der Waals surface area contributed by atoms with Crippen molar-refractivity contribution in [1.29, 1.82) is 0 Å². The van der Waals surface area contributed by atoms with Crippen LogP contribution in [0.5, 0.6) is 0 Å². The molecule has 0 unspecified atom stereocenters. The van der Waals surface area contributed by atoms with E-state index in [2.05, 4.69) is 10.2 Å². The average Bonchev–Trinajstić information content (AvgIpc) is 2.86. The van der Waals surface area contributed by atoms with Crippen LogP contribution in [0.3, 0.4) is 0 Å². The van der Waals surface area contributed by atoms with Gasteiger partial charge in [-0.15, -0.1) is 0 Å². The number of carbonyl (C=O) groups is 3. The zero-order chi connectivity index (χ0) is 17.0. The normalized spacial score (nSPS) is 28.6. The molecule has 2 amide bonds. The van der Waals surface area contributed by atoms with E-state index in [1.807, 2.05) is 0 Å². The number of amides is 2. The highest BCUT2D eigenvalue weighted by molar-refractivity contribution is 5.80. The Balaban J connectivity index is 1.80. The summed E-state index contributed by atoms with van der Waals surface area (Å²) in [6, 6.07) is -0.346. The first-order valence-electron chi connectivity index (χ1n) is 8.07. The topological polar surface area (TPSA) is 110 Å². The van der Waals surface area contributed by atoms with E-state index in [1.165, 1.54) is 0 Å². The fraction of sp³-hybridized carbons (Fsp3) is 0.800. The summed E-state index contributed by atoms with van der Waals surface area (Å²) in [6.07, 6.45) is 0.529. The molecule has 2 rings (SSSR count). The number of hydrogen-bond donors (Lipinski definition) is 3. The summed E-state index contributed by atoms with van der Waals surface area (Å²) < 4.78 is 0. The molecule has 8 heteroatoms. The lowest BCUT2D eigenvalue weighted by molar-refractivity contribution is -0.139. The summed E-state index contributed by atoms with van der Waals surface area (Å²) in [4.78, 5) is 37.5. The quantitative estimate of drug-likeness (QED) is 0.599. The van der Waals surface area contributed by atoms with Gasteiger partial charge in [0, 0.05) is 45.6 Å². The number of carbonyl (C=O) groups excluding carboxylic acids is 2. The number of hydrogen-bond acceptors (Lipinski definition) is 5. The van der Waals surface area contributed by atoms with Gasteiger partial charge in [0.25, 0.3) is 0 Å². The van der Waals surface area contributed by atoms with Gasteiger partial charge in [-0.2, -0.15) is 0 Å². The lowest BCUT2D eigenvalue weighted by Crippen LogP contribution is -2.55. The summed E-state index contributed by atoms with van der Waals surface area (Å²) in [7, 11) is 0. The highest BCUT2D eigenvalue weighted by atomic mass is 16.4. The first-order chi connectivity index (χ1) is 10.9. The summed E-state index contributed by atoms with van der Waals surface area (Å²) in [5, 5.41) is 21.8. The smallest absolute Gasteiger partial charge is 0.303 e. The molecule has 1 aliphatic carbocycles. The number of carboxylic acid groups (broad SMARTS) is 1. The lowest BCUT2D eigenvalue weighted by atomic mass is 10.1. The maximum Gasteiger partial charge on any atom is 0.303 e. The number of piperazine rings is 1. The van der Waals surface area contributed by atoms with Gasteiger partial charge >= 0.3 is 5.97 Å². The molecule has 0 aromatic carbocycles. The molecule has 0 bridgehead atoms. The first-order valence-corrected chi connectivity index (χ1v) is 8.07. The summed E-state index contributed by atoms with van der Waals surface area (Å²) >= 11 is 0. The Morgan fingerprint density at radius 1 is 1.09 bits per heavy atom. The molecule has 3 atom stereocenters. The SMILES string of the molecule is CC(=O)N1CCN([C@@H]2CC[C@@H](NC(=O)CCC(=O)O)[C@H]2O)CC1. The van der Waals surface area contributed by atoms with Gasteiger partial charge in [0.05, 0.1) is 18.6 Å². The van der Waals surface area contributed by atoms with Crippen molar-refractivity contribution >= 4 is 17.8 Å². The van der Waals surface area contributed by atoms with Crippen LogP contribution in [-0.4, -0.2) is 82.2 Å². The van der Waals surface area contributed by atoms with Crippen LogP contribution < -0.4 is 5.32 Å². The van der Waals surface area contributed by atoms with Gasteiger partial charge in [0.1, 0.15) is 0 Å². The van der Waals surface area contributed by atoms with Crippen molar-refractivity contribution < 1.29 is 24.6 Å². The molecular weight excluding hydrogens is 302 g/mol. The van der Waals surface area contributed by atoms with Crippen LogP contribution in [0.2, 0.25) is 0 Å². The van der Waals surface area contributed by atoms with Crippen molar-refractivity contribution in [3.63, 3.8) is 0 Å². The van der Waals surface area contributed by atoms with Crippen molar-refractivity contribution in [3.05, 3.63) is 0 Å². The molecule has 1 heterocycles. The number of rotatable bonds is 5. The van der Waals surface area contributed by atoms with Gasteiger partial charge in [-0.25, -0.2) is 0 Å². The number of aliphatic hydroxyl groups excluding tert-OH is 1. The number of aliphatic hydroxyl groups is 1. The second kappa shape index (κ2) is 7.74. The van der Waals surface area contributed by atoms with Crippen LogP contribution in [0, 0.1) is 0 Å². The highest BCUT2D eigenvalue weighted by Gasteiger charge is 2.39. The molecule has 1 saturated carbocycles. The van der Waals surface area contributed by atoms with Gasteiger partial charge in [-0.05, 0) is 12.8 Å². The van der Waals surface area contributed by atoms with Crippen molar-refractivity contribution in [3.8, 4) is 0 Å². The standard InChI is InChI=1S/C15H25N3O5/c1-10(19)17-6-8-18(9-7-17)12-3-2-11(15(12)23)16-13(20)4-5-14(21)22/h11-12,15,23H,2-9H2,1H3,(H,16,20)(H,21,22)/t11-,12-,15-/m1/s1. The van der Waals surface area contributed by atoms with Crippen LogP contribution >= 0.6 is 0 Å². The zero-order valence-electron chi connectivity index (χ0n) is 13.4. The monoisotopic (exact) mass is 327 g/mol. The second-order valence-electron chi connectivity index (χ2n) is 6.25. The molecule has 3 N–H and O–H groups in total. The maximum atomic E-state index is 11.7. The minimum atomic E-state index is -1.01. The molecule has 1 saturated heterocycles. The van der Waals surface area contributed by atoms with Crippen molar-refractivity contribution in [1.82, 2.24) is 15.1 Å². The second-order valence-corrected chi connectivity index (χ2v) is 6.25.